The van der Waals surface area contributed by atoms with Gasteiger partial charge in [-0.2, -0.15) is 4.73 Å². The SMILES string of the molecule is Cc1ccc(NC(=O)[C@H](C)OC(=O)c2cccc[n+]2[O-])cc1F. The van der Waals surface area contributed by atoms with Crippen molar-refractivity contribution >= 4 is 17.6 Å². The molecule has 1 aromatic carbocycles. The Bertz CT molecular complexity index is 749. The number of carbonyl (C=O) groups is 2. The van der Waals surface area contributed by atoms with Gasteiger partial charge in [-0.25, -0.2) is 9.18 Å². The van der Waals surface area contributed by atoms with Gasteiger partial charge in [0.15, 0.2) is 12.3 Å². The second kappa shape index (κ2) is 6.87. The van der Waals surface area contributed by atoms with E-state index in [-0.39, 0.29) is 11.4 Å². The highest BCUT2D eigenvalue weighted by Crippen LogP contribution is 2.14. The van der Waals surface area contributed by atoms with Crippen LogP contribution in [-0.2, 0) is 9.53 Å². The number of carbonyl (C=O) groups excluding carboxylic acids is 2. The minimum Gasteiger partial charge on any atom is -0.618 e. The van der Waals surface area contributed by atoms with Gasteiger partial charge in [-0.15, -0.1) is 0 Å². The first kappa shape index (κ1) is 16.4. The average molecular weight is 318 g/mol. The van der Waals surface area contributed by atoms with Crippen LogP contribution in [0, 0.1) is 17.9 Å². The number of anilines is 1. The summed E-state index contributed by atoms with van der Waals surface area (Å²) in [4.78, 5) is 23.8. The average Bonchev–Trinajstić information content (AvgIpc) is 2.51. The van der Waals surface area contributed by atoms with Gasteiger partial charge in [0.05, 0.1) is 0 Å². The number of aromatic nitrogens is 1. The van der Waals surface area contributed by atoms with E-state index in [0.717, 1.165) is 6.20 Å². The Labute approximate surface area is 132 Å². The van der Waals surface area contributed by atoms with E-state index in [1.54, 1.807) is 6.92 Å². The van der Waals surface area contributed by atoms with Crippen LogP contribution in [0.4, 0.5) is 10.1 Å². The molecule has 0 aliphatic carbocycles. The van der Waals surface area contributed by atoms with Crippen molar-refractivity contribution in [3.05, 3.63) is 64.9 Å². The van der Waals surface area contributed by atoms with Gasteiger partial charge >= 0.3 is 11.7 Å². The first-order valence-corrected chi connectivity index (χ1v) is 6.84. The fourth-order valence-electron chi connectivity index (χ4n) is 1.78. The minimum absolute atomic E-state index is 0.228. The quantitative estimate of drug-likeness (QED) is 0.531. The fourth-order valence-corrected chi connectivity index (χ4v) is 1.78. The number of halogens is 1. The standard InChI is InChI=1S/C16H15FN2O4/c1-10-6-7-12(9-13(10)17)18-15(20)11(2)23-16(21)14-5-3-4-8-19(14)22/h3-9,11H,1-2H3,(H,18,20)/t11-/m0/s1. The van der Waals surface area contributed by atoms with Crippen LogP contribution in [0.2, 0.25) is 0 Å². The van der Waals surface area contributed by atoms with Gasteiger partial charge in [-0.3, -0.25) is 4.79 Å². The fraction of sp³-hybridized carbons (Fsp3) is 0.188. The number of esters is 1. The lowest BCUT2D eigenvalue weighted by Gasteiger charge is -2.13. The highest BCUT2D eigenvalue weighted by Gasteiger charge is 2.23. The summed E-state index contributed by atoms with van der Waals surface area (Å²) in [5.41, 5.74) is 0.472. The number of nitrogens with one attached hydrogen (secondary N) is 1. The Hall–Kier alpha value is -2.96. The van der Waals surface area contributed by atoms with E-state index in [0.29, 0.717) is 10.3 Å². The number of hydrogen-bond acceptors (Lipinski definition) is 4. The zero-order chi connectivity index (χ0) is 17.0. The Morgan fingerprint density at radius 3 is 2.70 bits per heavy atom. The van der Waals surface area contributed by atoms with Gasteiger partial charge in [-0.1, -0.05) is 6.07 Å². The predicted molar refractivity (Wildman–Crippen MR) is 80.0 cm³/mol. The Balaban J connectivity index is 2.01. The topological polar surface area (TPSA) is 82.3 Å². The maximum atomic E-state index is 13.4. The van der Waals surface area contributed by atoms with Gasteiger partial charge in [0, 0.05) is 17.8 Å². The summed E-state index contributed by atoms with van der Waals surface area (Å²) >= 11 is 0. The molecule has 0 aliphatic rings. The van der Waals surface area contributed by atoms with Crippen molar-refractivity contribution in [2.45, 2.75) is 20.0 Å². The van der Waals surface area contributed by atoms with Gasteiger partial charge in [0.1, 0.15) is 5.82 Å². The Kier molecular flexibility index (Phi) is 4.90. The van der Waals surface area contributed by atoms with Gasteiger partial charge in [0.25, 0.3) is 5.91 Å². The molecule has 2 rings (SSSR count). The Morgan fingerprint density at radius 1 is 1.30 bits per heavy atom. The molecule has 0 bridgehead atoms. The van der Waals surface area contributed by atoms with E-state index in [9.17, 15) is 19.2 Å². The lowest BCUT2D eigenvalue weighted by molar-refractivity contribution is -0.608. The molecule has 0 spiro atoms. The number of pyridine rings is 1. The lowest BCUT2D eigenvalue weighted by Crippen LogP contribution is -2.37. The number of nitrogens with zero attached hydrogens (tertiary/aromatic N) is 1. The molecule has 120 valence electrons. The molecule has 1 atom stereocenters. The molecule has 1 aromatic heterocycles. The molecule has 7 heteroatoms. The van der Waals surface area contributed by atoms with E-state index in [4.69, 9.17) is 4.74 Å². The van der Waals surface area contributed by atoms with Crippen molar-refractivity contribution in [3.8, 4) is 0 Å². The zero-order valence-corrected chi connectivity index (χ0v) is 12.6. The van der Waals surface area contributed by atoms with Crippen LogP contribution in [0.15, 0.2) is 42.6 Å². The van der Waals surface area contributed by atoms with Gasteiger partial charge in [0.2, 0.25) is 0 Å². The number of ether oxygens (including phenoxy) is 1. The van der Waals surface area contributed by atoms with Crippen molar-refractivity contribution in [3.63, 3.8) is 0 Å². The van der Waals surface area contributed by atoms with Crippen LogP contribution in [0.1, 0.15) is 23.0 Å². The third kappa shape index (κ3) is 4.03. The third-order valence-corrected chi connectivity index (χ3v) is 3.13. The molecule has 0 saturated carbocycles. The second-order valence-electron chi connectivity index (χ2n) is 4.91. The predicted octanol–water partition coefficient (Wildman–Crippen LogP) is 1.95. The summed E-state index contributed by atoms with van der Waals surface area (Å²) in [5.74, 6) is -2.00. The molecule has 0 radical (unpaired) electrons. The molecule has 0 saturated heterocycles. The molecule has 2 aromatic rings. The monoisotopic (exact) mass is 318 g/mol. The molecule has 1 N–H and O–H groups in total. The summed E-state index contributed by atoms with van der Waals surface area (Å²) in [6.45, 7) is 2.96. The van der Waals surface area contributed by atoms with E-state index in [1.165, 1.54) is 43.3 Å². The maximum Gasteiger partial charge on any atom is 0.405 e. The molecule has 0 fully saturated rings. The normalized spacial score (nSPS) is 11.6. The minimum atomic E-state index is -1.15. The summed E-state index contributed by atoms with van der Waals surface area (Å²) < 4.78 is 18.7. The van der Waals surface area contributed by atoms with Crippen molar-refractivity contribution in [2.24, 2.45) is 0 Å². The van der Waals surface area contributed by atoms with Crippen LogP contribution in [-0.4, -0.2) is 18.0 Å². The third-order valence-electron chi connectivity index (χ3n) is 3.13. The molecule has 1 heterocycles. The van der Waals surface area contributed by atoms with Crippen LogP contribution >= 0.6 is 0 Å². The lowest BCUT2D eigenvalue weighted by atomic mass is 10.2. The first-order valence-electron chi connectivity index (χ1n) is 6.84. The van der Waals surface area contributed by atoms with Crippen LogP contribution in [0.3, 0.4) is 0 Å². The summed E-state index contributed by atoms with van der Waals surface area (Å²) in [5, 5.41) is 13.9. The van der Waals surface area contributed by atoms with Gasteiger partial charge in [-0.05, 0) is 37.6 Å². The molecular weight excluding hydrogens is 303 g/mol. The second-order valence-corrected chi connectivity index (χ2v) is 4.91. The number of hydrogen-bond donors (Lipinski definition) is 1. The van der Waals surface area contributed by atoms with Crippen molar-refractivity contribution in [1.29, 1.82) is 0 Å². The zero-order valence-electron chi connectivity index (χ0n) is 12.6. The van der Waals surface area contributed by atoms with Crippen LogP contribution in [0.5, 0.6) is 0 Å². The van der Waals surface area contributed by atoms with Crippen molar-refractivity contribution < 1.29 is 23.4 Å². The van der Waals surface area contributed by atoms with Crippen LogP contribution in [0.25, 0.3) is 0 Å². The number of amides is 1. The van der Waals surface area contributed by atoms with Gasteiger partial charge < -0.3 is 15.3 Å². The molecule has 0 unspecified atom stereocenters. The van der Waals surface area contributed by atoms with Crippen molar-refractivity contribution in [2.75, 3.05) is 5.32 Å². The molecule has 23 heavy (non-hydrogen) atoms. The molecule has 0 aliphatic heterocycles. The molecular formula is C16H15FN2O4. The highest BCUT2D eigenvalue weighted by molar-refractivity contribution is 5.96. The summed E-state index contributed by atoms with van der Waals surface area (Å²) in [6, 6.07) is 8.48. The first-order chi connectivity index (χ1) is 10.9. The summed E-state index contributed by atoms with van der Waals surface area (Å²) in [7, 11) is 0. The number of rotatable bonds is 4. The molecule has 1 amide bonds. The highest BCUT2D eigenvalue weighted by atomic mass is 19.1. The molecule has 6 nitrogen and oxygen atoms in total. The Morgan fingerprint density at radius 2 is 2.04 bits per heavy atom. The maximum absolute atomic E-state index is 13.4. The van der Waals surface area contributed by atoms with E-state index >= 15 is 0 Å². The summed E-state index contributed by atoms with van der Waals surface area (Å²) in [6.07, 6.45) is 0.00299. The van der Waals surface area contributed by atoms with Crippen molar-refractivity contribution in [1.82, 2.24) is 0 Å². The smallest absolute Gasteiger partial charge is 0.405 e. The largest absolute Gasteiger partial charge is 0.618 e. The number of aryl methyl sites for hydroxylation is 1. The van der Waals surface area contributed by atoms with E-state index < -0.39 is 23.8 Å². The number of benzene rings is 1. The van der Waals surface area contributed by atoms with E-state index in [2.05, 4.69) is 5.32 Å². The van der Waals surface area contributed by atoms with E-state index in [1.807, 2.05) is 0 Å². The van der Waals surface area contributed by atoms with Crippen LogP contribution < -0.4 is 10.0 Å².